The number of fused-ring (bicyclic) bond motifs is 1. The molecule has 138 valence electrons. The third-order valence-corrected chi connectivity index (χ3v) is 6.41. The highest BCUT2D eigenvalue weighted by Crippen LogP contribution is 2.53. The highest BCUT2D eigenvalue weighted by molar-refractivity contribution is 5.91. The largest absolute Gasteiger partial charge is 0.465 e. The Labute approximate surface area is 149 Å². The van der Waals surface area contributed by atoms with E-state index in [1.807, 2.05) is 17.1 Å². The molecule has 3 aliphatic heterocycles. The van der Waals surface area contributed by atoms with Gasteiger partial charge >= 0.3 is 5.97 Å². The van der Waals surface area contributed by atoms with E-state index in [0.717, 1.165) is 32.1 Å². The monoisotopic (exact) mass is 347 g/mol. The van der Waals surface area contributed by atoms with Crippen molar-refractivity contribution in [1.29, 1.82) is 0 Å². The summed E-state index contributed by atoms with van der Waals surface area (Å²) in [6, 6.07) is 0.318. The first kappa shape index (κ1) is 17.1. The zero-order valence-corrected chi connectivity index (χ0v) is 15.1. The van der Waals surface area contributed by atoms with Crippen molar-refractivity contribution >= 4 is 11.9 Å². The highest BCUT2D eigenvalue weighted by atomic mass is 16.6. The fourth-order valence-corrected chi connectivity index (χ4v) is 5.12. The minimum absolute atomic E-state index is 0.106. The van der Waals surface area contributed by atoms with E-state index in [9.17, 15) is 9.59 Å². The molecule has 1 saturated carbocycles. The molecule has 25 heavy (non-hydrogen) atoms. The fourth-order valence-electron chi connectivity index (χ4n) is 5.12. The van der Waals surface area contributed by atoms with E-state index in [0.29, 0.717) is 19.2 Å². The number of unbranched alkanes of at least 4 members (excludes halogenated alkanes) is 2. The topological polar surface area (TPSA) is 55.8 Å². The third kappa shape index (κ3) is 2.80. The molecule has 1 amide bonds. The van der Waals surface area contributed by atoms with E-state index in [-0.39, 0.29) is 23.9 Å². The lowest BCUT2D eigenvalue weighted by Crippen LogP contribution is -2.42. The molecule has 0 aromatic heterocycles. The number of nitrogens with zero attached hydrogens (tertiary/aromatic N) is 1. The Morgan fingerprint density at radius 1 is 1.32 bits per heavy atom. The summed E-state index contributed by atoms with van der Waals surface area (Å²) in [5, 5.41) is 0. The van der Waals surface area contributed by atoms with Crippen molar-refractivity contribution in [1.82, 2.24) is 4.90 Å². The lowest BCUT2D eigenvalue weighted by molar-refractivity contribution is -0.154. The number of amides is 1. The maximum Gasteiger partial charge on any atom is 0.312 e. The van der Waals surface area contributed by atoms with Crippen LogP contribution in [0.25, 0.3) is 0 Å². The number of carbonyl (C=O) groups excluding carboxylic acids is 2. The van der Waals surface area contributed by atoms with Gasteiger partial charge in [0.2, 0.25) is 5.91 Å². The van der Waals surface area contributed by atoms with Gasteiger partial charge in [0.25, 0.3) is 0 Å². The van der Waals surface area contributed by atoms with Crippen molar-refractivity contribution in [2.45, 2.75) is 76.0 Å². The van der Waals surface area contributed by atoms with Gasteiger partial charge in [-0.1, -0.05) is 51.2 Å². The Kier molecular flexibility index (Phi) is 4.61. The van der Waals surface area contributed by atoms with Crippen LogP contribution in [0.15, 0.2) is 12.2 Å². The third-order valence-electron chi connectivity index (χ3n) is 6.41. The minimum atomic E-state index is -0.591. The van der Waals surface area contributed by atoms with Crippen LogP contribution in [0.1, 0.15) is 58.3 Å². The maximum atomic E-state index is 13.2. The van der Waals surface area contributed by atoms with Crippen molar-refractivity contribution < 1.29 is 19.1 Å². The zero-order chi connectivity index (χ0) is 17.4. The summed E-state index contributed by atoms with van der Waals surface area (Å²) in [4.78, 5) is 27.8. The Morgan fingerprint density at radius 2 is 2.12 bits per heavy atom. The predicted octanol–water partition coefficient (Wildman–Crippen LogP) is 2.83. The van der Waals surface area contributed by atoms with Crippen LogP contribution in [-0.4, -0.2) is 47.7 Å². The normalized spacial score (nSPS) is 36.9. The van der Waals surface area contributed by atoms with Crippen molar-refractivity contribution in [2.24, 2.45) is 11.8 Å². The Morgan fingerprint density at radius 3 is 2.88 bits per heavy atom. The Bertz CT molecular complexity index is 568. The molecule has 1 aliphatic carbocycles. The molecule has 0 aromatic carbocycles. The SMILES string of the molecule is CCCCCOC(=O)[C@H]1[C@H]2C=C[C@@]3(CN(C4CCCCC4)C(=O)[C@@H]13)O2. The number of hydrogen-bond donors (Lipinski definition) is 0. The molecule has 4 rings (SSSR count). The van der Waals surface area contributed by atoms with Gasteiger partial charge in [-0.15, -0.1) is 0 Å². The van der Waals surface area contributed by atoms with E-state index < -0.39 is 11.5 Å². The van der Waals surface area contributed by atoms with Crippen LogP contribution in [-0.2, 0) is 19.1 Å². The molecule has 3 heterocycles. The zero-order valence-electron chi connectivity index (χ0n) is 15.1. The summed E-state index contributed by atoms with van der Waals surface area (Å²) >= 11 is 0. The van der Waals surface area contributed by atoms with E-state index in [1.165, 1.54) is 19.3 Å². The quantitative estimate of drug-likeness (QED) is 0.421. The molecular formula is C20H29NO4. The van der Waals surface area contributed by atoms with Gasteiger partial charge in [0.15, 0.2) is 0 Å². The molecule has 4 aliphatic rings. The lowest BCUT2D eigenvalue weighted by Gasteiger charge is -2.32. The van der Waals surface area contributed by atoms with Crippen LogP contribution >= 0.6 is 0 Å². The molecule has 2 bridgehead atoms. The standard InChI is InChI=1S/C20H29NO4/c1-2-3-7-12-24-19(23)16-15-10-11-20(25-15)13-21(18(22)17(16)20)14-8-5-4-6-9-14/h10-11,14-17H,2-9,12-13H2,1H3/t15-,16+,17-,20+/m1/s1. The van der Waals surface area contributed by atoms with Crippen LogP contribution < -0.4 is 0 Å². The summed E-state index contributed by atoms with van der Waals surface area (Å²) in [6.07, 6.45) is 12.5. The number of esters is 1. The second-order valence-corrected chi connectivity index (χ2v) is 8.03. The summed E-state index contributed by atoms with van der Waals surface area (Å²) in [6.45, 7) is 3.17. The molecule has 0 aromatic rings. The van der Waals surface area contributed by atoms with Gasteiger partial charge in [-0.25, -0.2) is 0 Å². The molecule has 0 N–H and O–H groups in total. The minimum Gasteiger partial charge on any atom is -0.465 e. The first-order valence-corrected chi connectivity index (χ1v) is 10.0. The van der Waals surface area contributed by atoms with Gasteiger partial charge in [-0.3, -0.25) is 9.59 Å². The van der Waals surface area contributed by atoms with Crippen LogP contribution in [0.3, 0.4) is 0 Å². The summed E-state index contributed by atoms with van der Waals surface area (Å²) < 4.78 is 11.7. The first-order valence-electron chi connectivity index (χ1n) is 10.0. The predicted molar refractivity (Wildman–Crippen MR) is 92.8 cm³/mol. The van der Waals surface area contributed by atoms with Gasteiger partial charge in [0.1, 0.15) is 11.5 Å². The van der Waals surface area contributed by atoms with Gasteiger partial charge in [-0.05, 0) is 19.3 Å². The average Bonchev–Trinajstić information content (AvgIpc) is 3.28. The van der Waals surface area contributed by atoms with Crippen LogP contribution in [0.2, 0.25) is 0 Å². The number of carbonyl (C=O) groups is 2. The molecule has 0 radical (unpaired) electrons. The number of rotatable bonds is 6. The average molecular weight is 347 g/mol. The Hall–Kier alpha value is -1.36. The van der Waals surface area contributed by atoms with Crippen LogP contribution in [0.5, 0.6) is 0 Å². The molecule has 0 unspecified atom stereocenters. The second kappa shape index (κ2) is 6.75. The Balaban J connectivity index is 1.47. The summed E-state index contributed by atoms with van der Waals surface area (Å²) in [5.74, 6) is -0.999. The highest BCUT2D eigenvalue weighted by Gasteiger charge is 2.67. The number of likely N-dealkylation sites (tertiary alicyclic amines) is 1. The second-order valence-electron chi connectivity index (χ2n) is 8.03. The molecule has 3 fully saturated rings. The van der Waals surface area contributed by atoms with E-state index in [1.54, 1.807) is 0 Å². The first-order chi connectivity index (χ1) is 12.2. The molecule has 4 atom stereocenters. The lowest BCUT2D eigenvalue weighted by atomic mass is 9.77. The van der Waals surface area contributed by atoms with Gasteiger partial charge < -0.3 is 14.4 Å². The van der Waals surface area contributed by atoms with Gasteiger partial charge in [0.05, 0.1) is 25.2 Å². The number of ether oxygens (including phenoxy) is 2. The van der Waals surface area contributed by atoms with Gasteiger partial charge in [0, 0.05) is 6.04 Å². The summed E-state index contributed by atoms with van der Waals surface area (Å²) in [5.41, 5.74) is -0.591. The summed E-state index contributed by atoms with van der Waals surface area (Å²) in [7, 11) is 0. The maximum absolute atomic E-state index is 13.2. The van der Waals surface area contributed by atoms with E-state index in [4.69, 9.17) is 9.47 Å². The molecule has 2 saturated heterocycles. The van der Waals surface area contributed by atoms with Crippen molar-refractivity contribution in [3.63, 3.8) is 0 Å². The smallest absolute Gasteiger partial charge is 0.312 e. The van der Waals surface area contributed by atoms with Crippen LogP contribution in [0, 0.1) is 11.8 Å². The number of hydrogen-bond acceptors (Lipinski definition) is 4. The van der Waals surface area contributed by atoms with Crippen molar-refractivity contribution in [2.75, 3.05) is 13.2 Å². The van der Waals surface area contributed by atoms with Crippen molar-refractivity contribution in [3.8, 4) is 0 Å². The van der Waals surface area contributed by atoms with E-state index >= 15 is 0 Å². The molecule has 5 heteroatoms. The molecular weight excluding hydrogens is 318 g/mol. The molecule has 5 nitrogen and oxygen atoms in total. The van der Waals surface area contributed by atoms with Crippen LogP contribution in [0.4, 0.5) is 0 Å². The fraction of sp³-hybridized carbons (Fsp3) is 0.800. The molecule has 1 spiro atoms. The van der Waals surface area contributed by atoms with Gasteiger partial charge in [-0.2, -0.15) is 0 Å². The van der Waals surface area contributed by atoms with Crippen molar-refractivity contribution in [3.05, 3.63) is 12.2 Å². The van der Waals surface area contributed by atoms with E-state index in [2.05, 4.69) is 6.92 Å².